The fraction of sp³-hybridized carbons (Fsp3) is 0.286. The topological polar surface area (TPSA) is 128 Å². The Balaban J connectivity index is 1.36. The van der Waals surface area contributed by atoms with Crippen LogP contribution in [-0.2, 0) is 16.4 Å². The second-order valence-corrected chi connectivity index (χ2v) is 13.1. The number of hydrogen-bond acceptors (Lipinski definition) is 8. The fourth-order valence-electron chi connectivity index (χ4n) is 5.51. The lowest BCUT2D eigenvalue weighted by molar-refractivity contribution is -0.126. The summed E-state index contributed by atoms with van der Waals surface area (Å²) >= 11 is 0.968. The summed E-state index contributed by atoms with van der Waals surface area (Å²) in [6.45, 7) is 4.13. The average Bonchev–Trinajstić information content (AvgIpc) is 3.64. The molecular weight excluding hydrogens is 587 g/mol. The summed E-state index contributed by atoms with van der Waals surface area (Å²) in [4.78, 5) is 18.5. The minimum absolute atomic E-state index is 0.0942. The standard InChI is InChI=1S/C28H24F3N7O2S2/c1-15-3-4-17(11-33-15)22-12-38(26-21-8-19(9-28(29,30)31)41-27(21)35-14-34-26)13-24(22)37-42(39,40)25-6-5-23-20(16(25)2)7-18(10-32)36-23/h3-8,11,14,22,24,36-37H,9,12-13H2,1-2H3. The number of aromatic amines is 1. The van der Waals surface area contributed by atoms with Crippen molar-refractivity contribution in [1.82, 2.24) is 24.7 Å². The number of thiophene rings is 1. The smallest absolute Gasteiger partial charge is 0.354 e. The van der Waals surface area contributed by atoms with E-state index in [1.54, 1.807) is 25.3 Å². The third-order valence-corrected chi connectivity index (χ3v) is 10.1. The highest BCUT2D eigenvalue weighted by Gasteiger charge is 2.39. The van der Waals surface area contributed by atoms with Crippen LogP contribution in [0.1, 0.15) is 33.3 Å². The predicted octanol–water partition coefficient (Wildman–Crippen LogP) is 5.11. The molecule has 216 valence electrons. The molecule has 0 bridgehead atoms. The van der Waals surface area contributed by atoms with Crippen molar-refractivity contribution in [3.05, 3.63) is 76.3 Å². The normalized spacial score (nSPS) is 17.8. The molecule has 5 heterocycles. The molecule has 14 heteroatoms. The molecule has 0 saturated carbocycles. The number of benzene rings is 1. The van der Waals surface area contributed by atoms with Crippen LogP contribution in [0.5, 0.6) is 0 Å². The molecular formula is C28H24F3N7O2S2. The van der Waals surface area contributed by atoms with Crippen molar-refractivity contribution >= 4 is 48.3 Å². The van der Waals surface area contributed by atoms with Crippen LogP contribution in [-0.4, -0.2) is 53.7 Å². The van der Waals surface area contributed by atoms with Crippen LogP contribution in [0.15, 0.2) is 53.8 Å². The predicted molar refractivity (Wildman–Crippen MR) is 153 cm³/mol. The van der Waals surface area contributed by atoms with Gasteiger partial charge >= 0.3 is 6.18 Å². The molecule has 0 aliphatic carbocycles. The summed E-state index contributed by atoms with van der Waals surface area (Å²) in [6, 6.07) is 11.4. The molecule has 2 N–H and O–H groups in total. The molecule has 5 aromatic rings. The molecule has 1 saturated heterocycles. The van der Waals surface area contributed by atoms with E-state index in [9.17, 15) is 26.9 Å². The summed E-state index contributed by atoms with van der Waals surface area (Å²) < 4.78 is 69.8. The van der Waals surface area contributed by atoms with Gasteiger partial charge in [0.25, 0.3) is 0 Å². The number of sulfonamides is 1. The molecule has 2 atom stereocenters. The lowest BCUT2D eigenvalue weighted by Gasteiger charge is -2.20. The third kappa shape index (κ3) is 5.31. The molecule has 0 spiro atoms. The van der Waals surface area contributed by atoms with E-state index < -0.39 is 28.7 Å². The van der Waals surface area contributed by atoms with E-state index in [1.807, 2.05) is 30.0 Å². The van der Waals surface area contributed by atoms with Gasteiger partial charge in [0.15, 0.2) is 0 Å². The molecule has 1 aliphatic heterocycles. The molecule has 2 unspecified atom stereocenters. The van der Waals surface area contributed by atoms with Gasteiger partial charge in [-0.3, -0.25) is 4.98 Å². The summed E-state index contributed by atoms with van der Waals surface area (Å²) in [6.07, 6.45) is -2.38. The van der Waals surface area contributed by atoms with Gasteiger partial charge in [0, 0.05) is 52.7 Å². The van der Waals surface area contributed by atoms with Gasteiger partial charge in [-0.1, -0.05) is 6.07 Å². The van der Waals surface area contributed by atoms with Crippen molar-refractivity contribution in [1.29, 1.82) is 5.26 Å². The quantitative estimate of drug-likeness (QED) is 0.273. The van der Waals surface area contributed by atoms with E-state index in [4.69, 9.17) is 0 Å². The Labute approximate surface area is 243 Å². The number of hydrogen-bond donors (Lipinski definition) is 2. The van der Waals surface area contributed by atoms with Gasteiger partial charge in [0.1, 0.15) is 28.7 Å². The van der Waals surface area contributed by atoms with E-state index in [-0.39, 0.29) is 22.2 Å². The van der Waals surface area contributed by atoms with Crippen molar-refractivity contribution in [3.63, 3.8) is 0 Å². The Hall–Kier alpha value is -4.06. The highest BCUT2D eigenvalue weighted by molar-refractivity contribution is 7.89. The molecule has 1 aromatic carbocycles. The molecule has 6 rings (SSSR count). The van der Waals surface area contributed by atoms with Gasteiger partial charge < -0.3 is 9.88 Å². The Kier molecular flexibility index (Phi) is 6.91. The number of rotatable bonds is 6. The number of aromatic nitrogens is 4. The third-order valence-electron chi connectivity index (χ3n) is 7.46. The van der Waals surface area contributed by atoms with Gasteiger partial charge in [-0.2, -0.15) is 18.4 Å². The Morgan fingerprint density at radius 3 is 2.64 bits per heavy atom. The van der Waals surface area contributed by atoms with Gasteiger partial charge in [-0.05, 0) is 55.3 Å². The number of alkyl halides is 3. The Morgan fingerprint density at radius 2 is 1.93 bits per heavy atom. The molecule has 1 aliphatic rings. The van der Waals surface area contributed by atoms with Crippen LogP contribution in [0.25, 0.3) is 21.1 Å². The second kappa shape index (κ2) is 10.3. The first kappa shape index (κ1) is 28.1. The zero-order valence-electron chi connectivity index (χ0n) is 22.4. The average molecular weight is 612 g/mol. The molecule has 0 amide bonds. The summed E-state index contributed by atoms with van der Waals surface area (Å²) in [5.74, 6) is 0.123. The van der Waals surface area contributed by atoms with Crippen LogP contribution in [0.4, 0.5) is 19.0 Å². The van der Waals surface area contributed by atoms with Gasteiger partial charge in [0.2, 0.25) is 10.0 Å². The second-order valence-electron chi connectivity index (χ2n) is 10.3. The number of nitrogens with one attached hydrogen (secondary N) is 2. The van der Waals surface area contributed by atoms with Crippen LogP contribution >= 0.6 is 11.3 Å². The number of aryl methyl sites for hydroxylation is 2. The van der Waals surface area contributed by atoms with E-state index in [0.717, 1.165) is 22.6 Å². The first-order chi connectivity index (χ1) is 19.9. The van der Waals surface area contributed by atoms with Crippen molar-refractivity contribution in [2.45, 2.75) is 43.3 Å². The monoisotopic (exact) mass is 611 g/mol. The zero-order valence-corrected chi connectivity index (χ0v) is 24.0. The highest BCUT2D eigenvalue weighted by Crippen LogP contribution is 2.38. The van der Waals surface area contributed by atoms with Crippen molar-refractivity contribution in [2.75, 3.05) is 18.0 Å². The Morgan fingerprint density at radius 1 is 1.12 bits per heavy atom. The lowest BCUT2D eigenvalue weighted by Crippen LogP contribution is -2.40. The minimum atomic E-state index is -4.35. The van der Waals surface area contributed by atoms with E-state index in [2.05, 4.69) is 24.7 Å². The number of H-pyrrole nitrogens is 1. The first-order valence-electron chi connectivity index (χ1n) is 12.9. The van der Waals surface area contributed by atoms with Gasteiger partial charge in [-0.15, -0.1) is 11.3 Å². The van der Waals surface area contributed by atoms with E-state index >= 15 is 0 Å². The maximum Gasteiger partial charge on any atom is 0.393 e. The number of nitrogens with zero attached hydrogens (tertiary/aromatic N) is 5. The van der Waals surface area contributed by atoms with Crippen molar-refractivity contribution < 1.29 is 21.6 Å². The van der Waals surface area contributed by atoms with Gasteiger partial charge in [0.05, 0.1) is 16.7 Å². The van der Waals surface area contributed by atoms with E-state index in [0.29, 0.717) is 44.7 Å². The van der Waals surface area contributed by atoms with Crippen LogP contribution in [0.3, 0.4) is 0 Å². The van der Waals surface area contributed by atoms with Gasteiger partial charge in [-0.25, -0.2) is 23.1 Å². The molecule has 42 heavy (non-hydrogen) atoms. The molecule has 4 aromatic heterocycles. The fourth-order valence-corrected chi connectivity index (χ4v) is 8.05. The van der Waals surface area contributed by atoms with Crippen LogP contribution < -0.4 is 9.62 Å². The van der Waals surface area contributed by atoms with Crippen molar-refractivity contribution in [2.24, 2.45) is 0 Å². The maximum absolute atomic E-state index is 13.8. The highest BCUT2D eigenvalue weighted by atomic mass is 32.2. The summed E-state index contributed by atoms with van der Waals surface area (Å²) in [7, 11) is -4.03. The molecule has 1 fully saturated rings. The van der Waals surface area contributed by atoms with Crippen molar-refractivity contribution in [3.8, 4) is 6.07 Å². The first-order valence-corrected chi connectivity index (χ1v) is 15.2. The number of nitriles is 1. The van der Waals surface area contributed by atoms with Crippen LogP contribution in [0.2, 0.25) is 0 Å². The summed E-state index contributed by atoms with van der Waals surface area (Å²) in [5, 5.41) is 10.4. The number of anilines is 1. The minimum Gasteiger partial charge on any atom is -0.354 e. The number of pyridine rings is 1. The maximum atomic E-state index is 13.8. The summed E-state index contributed by atoms with van der Waals surface area (Å²) in [5.41, 5.74) is 3.13. The zero-order chi connectivity index (χ0) is 29.8. The van der Waals surface area contributed by atoms with E-state index in [1.165, 1.54) is 18.5 Å². The Bertz CT molecular complexity index is 1960. The number of fused-ring (bicyclic) bond motifs is 2. The molecule has 9 nitrogen and oxygen atoms in total. The number of halogens is 3. The van der Waals surface area contributed by atoms with Crippen LogP contribution in [0, 0.1) is 25.2 Å². The molecule has 0 radical (unpaired) electrons. The largest absolute Gasteiger partial charge is 0.393 e. The SMILES string of the molecule is Cc1ccc(C2CN(c3ncnc4sc(CC(F)(F)F)cc34)CC2NS(=O)(=O)c2ccc3[nH]c(C#N)cc3c2C)cn1. The lowest BCUT2D eigenvalue weighted by atomic mass is 9.96.